The second-order valence-corrected chi connectivity index (χ2v) is 5.69. The average Bonchev–Trinajstić information content (AvgIpc) is 2.38. The van der Waals surface area contributed by atoms with Crippen LogP contribution in [0.2, 0.25) is 0 Å². The number of hydrogen-bond acceptors (Lipinski definition) is 3. The van der Waals surface area contributed by atoms with Crippen molar-refractivity contribution in [3.8, 4) is 5.75 Å². The lowest BCUT2D eigenvalue weighted by molar-refractivity contribution is 0.343. The Morgan fingerprint density at radius 3 is 2.56 bits per heavy atom. The summed E-state index contributed by atoms with van der Waals surface area (Å²) in [4.78, 5) is 1.25. The summed E-state index contributed by atoms with van der Waals surface area (Å²) in [6.07, 6.45) is 0. The van der Waals surface area contributed by atoms with Crippen LogP contribution in [0, 0.1) is 0 Å². The summed E-state index contributed by atoms with van der Waals surface area (Å²) in [5.74, 6) is 1.62. The normalized spacial score (nSPS) is 10.3. The minimum atomic E-state index is 0.631. The molecule has 94 valence electrons. The zero-order valence-electron chi connectivity index (χ0n) is 9.80. The van der Waals surface area contributed by atoms with Crippen LogP contribution in [0.15, 0.2) is 57.9 Å². The van der Waals surface area contributed by atoms with Gasteiger partial charge in [-0.25, -0.2) is 0 Å². The van der Waals surface area contributed by atoms with E-state index in [4.69, 9.17) is 10.5 Å². The van der Waals surface area contributed by atoms with Crippen molar-refractivity contribution in [1.29, 1.82) is 0 Å². The summed E-state index contributed by atoms with van der Waals surface area (Å²) in [6, 6.07) is 15.9. The van der Waals surface area contributed by atoms with Crippen molar-refractivity contribution in [2.75, 3.05) is 18.1 Å². The van der Waals surface area contributed by atoms with Crippen molar-refractivity contribution in [2.45, 2.75) is 4.90 Å². The lowest BCUT2D eigenvalue weighted by Gasteiger charge is -2.10. The molecule has 0 saturated carbocycles. The lowest BCUT2D eigenvalue weighted by Crippen LogP contribution is -2.03. The van der Waals surface area contributed by atoms with Crippen LogP contribution in [0.5, 0.6) is 5.75 Å². The fourth-order valence-corrected chi connectivity index (χ4v) is 2.75. The van der Waals surface area contributed by atoms with E-state index in [2.05, 4.69) is 28.1 Å². The smallest absolute Gasteiger partial charge is 0.156 e. The number of thioether (sulfide) groups is 1. The van der Waals surface area contributed by atoms with Gasteiger partial charge in [-0.2, -0.15) is 0 Å². The summed E-state index contributed by atoms with van der Waals surface area (Å²) < 4.78 is 6.59. The third-order valence-corrected chi connectivity index (χ3v) is 3.94. The summed E-state index contributed by atoms with van der Waals surface area (Å²) in [5, 5.41) is 0. The molecule has 0 heterocycles. The molecule has 2 aromatic rings. The first-order chi connectivity index (χ1) is 8.77. The van der Waals surface area contributed by atoms with Crippen molar-refractivity contribution < 1.29 is 4.74 Å². The third-order valence-electron chi connectivity index (χ3n) is 2.34. The van der Waals surface area contributed by atoms with Crippen LogP contribution in [-0.2, 0) is 0 Å². The maximum absolute atomic E-state index is 5.85. The molecule has 0 fully saturated rings. The van der Waals surface area contributed by atoms with Gasteiger partial charge < -0.3 is 10.5 Å². The maximum atomic E-state index is 5.85. The highest BCUT2D eigenvalue weighted by atomic mass is 79.9. The molecule has 0 atom stereocenters. The van der Waals surface area contributed by atoms with Gasteiger partial charge in [0.2, 0.25) is 0 Å². The summed E-state index contributed by atoms with van der Waals surface area (Å²) in [5.41, 5.74) is 6.51. The van der Waals surface area contributed by atoms with E-state index in [1.54, 1.807) is 11.8 Å². The first kappa shape index (κ1) is 13.3. The molecule has 0 aliphatic heterocycles. The van der Waals surface area contributed by atoms with Crippen LogP contribution in [0.3, 0.4) is 0 Å². The molecule has 0 aliphatic rings. The topological polar surface area (TPSA) is 35.2 Å². The van der Waals surface area contributed by atoms with Crippen molar-refractivity contribution in [2.24, 2.45) is 0 Å². The zero-order valence-corrected chi connectivity index (χ0v) is 12.2. The molecule has 18 heavy (non-hydrogen) atoms. The van der Waals surface area contributed by atoms with E-state index in [1.807, 2.05) is 36.4 Å². The van der Waals surface area contributed by atoms with Gasteiger partial charge in [0.25, 0.3) is 0 Å². The maximum Gasteiger partial charge on any atom is 0.156 e. The Kier molecular flexibility index (Phi) is 4.96. The number of halogens is 1. The van der Waals surface area contributed by atoms with Crippen LogP contribution in [-0.4, -0.2) is 12.4 Å². The number of rotatable bonds is 5. The predicted octanol–water partition coefficient (Wildman–Crippen LogP) is 4.20. The second-order valence-electron chi connectivity index (χ2n) is 3.67. The van der Waals surface area contributed by atoms with Crippen LogP contribution in [0.4, 0.5) is 5.69 Å². The molecule has 0 spiro atoms. The molecular weight excluding hydrogens is 310 g/mol. The van der Waals surface area contributed by atoms with Gasteiger partial charge in [0.1, 0.15) is 0 Å². The Hall–Kier alpha value is -1.13. The van der Waals surface area contributed by atoms with Crippen LogP contribution < -0.4 is 10.5 Å². The Morgan fingerprint density at radius 1 is 1.06 bits per heavy atom. The first-order valence-electron chi connectivity index (χ1n) is 5.62. The third kappa shape index (κ3) is 3.68. The van der Waals surface area contributed by atoms with Crippen LogP contribution in [0.25, 0.3) is 0 Å². The van der Waals surface area contributed by atoms with Gasteiger partial charge in [0.05, 0.1) is 16.8 Å². The van der Waals surface area contributed by atoms with E-state index >= 15 is 0 Å². The standard InChI is InChI=1S/C14H14BrNOS/c15-12-7-4-8-13(16)14(12)17-9-10-18-11-5-2-1-3-6-11/h1-8H,9-10,16H2. The summed E-state index contributed by atoms with van der Waals surface area (Å²) in [6.45, 7) is 0.631. The fraction of sp³-hybridized carbons (Fsp3) is 0.143. The SMILES string of the molecule is Nc1cccc(Br)c1OCCSc1ccccc1. The average molecular weight is 324 g/mol. The van der Waals surface area contributed by atoms with E-state index < -0.39 is 0 Å². The number of para-hydroxylation sites is 1. The van der Waals surface area contributed by atoms with Gasteiger partial charge in [-0.3, -0.25) is 0 Å². The molecule has 0 unspecified atom stereocenters. The number of hydrogen-bond donors (Lipinski definition) is 1. The number of benzene rings is 2. The largest absolute Gasteiger partial charge is 0.489 e. The van der Waals surface area contributed by atoms with Gasteiger partial charge >= 0.3 is 0 Å². The Morgan fingerprint density at radius 2 is 1.83 bits per heavy atom. The molecule has 0 saturated heterocycles. The molecule has 2 rings (SSSR count). The van der Waals surface area contributed by atoms with Gasteiger partial charge in [-0.15, -0.1) is 11.8 Å². The monoisotopic (exact) mass is 323 g/mol. The van der Waals surface area contributed by atoms with E-state index in [0.717, 1.165) is 16.0 Å². The Balaban J connectivity index is 1.82. The minimum absolute atomic E-state index is 0.631. The van der Waals surface area contributed by atoms with Crippen molar-refractivity contribution >= 4 is 33.4 Å². The van der Waals surface area contributed by atoms with Gasteiger partial charge in [-0.05, 0) is 40.2 Å². The van der Waals surface area contributed by atoms with Crippen molar-refractivity contribution in [1.82, 2.24) is 0 Å². The van der Waals surface area contributed by atoms with Gasteiger partial charge in [0.15, 0.2) is 5.75 Å². The molecular formula is C14H14BrNOS. The molecule has 0 aliphatic carbocycles. The van der Waals surface area contributed by atoms with Gasteiger partial charge in [-0.1, -0.05) is 24.3 Å². The second kappa shape index (κ2) is 6.71. The minimum Gasteiger partial charge on any atom is -0.489 e. The molecule has 0 radical (unpaired) electrons. The molecule has 2 aromatic carbocycles. The predicted molar refractivity (Wildman–Crippen MR) is 81.2 cm³/mol. The highest BCUT2D eigenvalue weighted by molar-refractivity contribution is 9.10. The number of nitrogen functional groups attached to an aromatic ring is 1. The zero-order chi connectivity index (χ0) is 12.8. The van der Waals surface area contributed by atoms with Crippen molar-refractivity contribution in [3.63, 3.8) is 0 Å². The van der Waals surface area contributed by atoms with Crippen LogP contribution >= 0.6 is 27.7 Å². The van der Waals surface area contributed by atoms with E-state index in [9.17, 15) is 0 Å². The van der Waals surface area contributed by atoms with Gasteiger partial charge in [0, 0.05) is 10.6 Å². The molecule has 0 aromatic heterocycles. The highest BCUT2D eigenvalue weighted by Crippen LogP contribution is 2.31. The molecule has 4 heteroatoms. The van der Waals surface area contributed by atoms with E-state index in [1.165, 1.54) is 4.90 Å². The quantitative estimate of drug-likeness (QED) is 0.508. The van der Waals surface area contributed by atoms with Crippen LogP contribution in [0.1, 0.15) is 0 Å². The first-order valence-corrected chi connectivity index (χ1v) is 7.40. The highest BCUT2D eigenvalue weighted by Gasteiger charge is 2.04. The fourth-order valence-electron chi connectivity index (χ4n) is 1.50. The van der Waals surface area contributed by atoms with E-state index in [0.29, 0.717) is 12.3 Å². The molecule has 2 N–H and O–H groups in total. The van der Waals surface area contributed by atoms with E-state index in [-0.39, 0.29) is 0 Å². The Labute approximate surface area is 120 Å². The Bertz CT molecular complexity index is 484. The number of anilines is 1. The lowest BCUT2D eigenvalue weighted by atomic mass is 10.3. The molecule has 0 amide bonds. The molecule has 2 nitrogen and oxygen atoms in total. The summed E-state index contributed by atoms with van der Waals surface area (Å²) >= 11 is 5.20. The summed E-state index contributed by atoms with van der Waals surface area (Å²) in [7, 11) is 0. The molecule has 0 bridgehead atoms. The van der Waals surface area contributed by atoms with Crippen molar-refractivity contribution in [3.05, 3.63) is 53.0 Å². The number of nitrogens with two attached hydrogens (primary N) is 1. The number of ether oxygens (including phenoxy) is 1.